The van der Waals surface area contributed by atoms with Gasteiger partial charge in [0, 0.05) is 61.8 Å². The number of hydrogen-bond donors (Lipinski definition) is 1. The molecular formula is C22H22N6. The van der Waals surface area contributed by atoms with Crippen molar-refractivity contribution in [1.29, 1.82) is 0 Å². The van der Waals surface area contributed by atoms with Crippen molar-refractivity contribution >= 4 is 16.9 Å². The second-order valence-electron chi connectivity index (χ2n) is 7.12. The summed E-state index contributed by atoms with van der Waals surface area (Å²) < 4.78 is 0. The Morgan fingerprint density at radius 3 is 2.46 bits per heavy atom. The van der Waals surface area contributed by atoms with Gasteiger partial charge in [0.1, 0.15) is 5.82 Å². The minimum Gasteiger partial charge on any atom is -0.341 e. The highest BCUT2D eigenvalue weighted by atomic mass is 15.3. The van der Waals surface area contributed by atoms with Gasteiger partial charge in [-0.15, -0.1) is 0 Å². The first kappa shape index (κ1) is 16.9. The van der Waals surface area contributed by atoms with Crippen molar-refractivity contribution < 1.29 is 0 Å². The monoisotopic (exact) mass is 370 g/mol. The quantitative estimate of drug-likeness (QED) is 0.597. The average Bonchev–Trinajstić information content (AvgIpc) is 3.23. The predicted octanol–water partition coefficient (Wildman–Crippen LogP) is 3.34. The van der Waals surface area contributed by atoms with Gasteiger partial charge in [-0.1, -0.05) is 48.5 Å². The third-order valence-electron chi connectivity index (χ3n) is 5.20. The molecule has 28 heavy (non-hydrogen) atoms. The summed E-state index contributed by atoms with van der Waals surface area (Å²) in [7, 11) is 0. The van der Waals surface area contributed by atoms with E-state index in [1.807, 2.05) is 54.9 Å². The number of hydrogen-bond acceptors (Lipinski definition) is 5. The minimum atomic E-state index is 0.825. The number of piperazine rings is 1. The van der Waals surface area contributed by atoms with Crippen molar-refractivity contribution in [3.8, 4) is 11.4 Å². The molecule has 0 amide bonds. The Bertz CT molecular complexity index is 1070. The molecule has 0 radical (unpaired) electrons. The molecule has 2 aromatic carbocycles. The highest BCUT2D eigenvalue weighted by Crippen LogP contribution is 2.18. The predicted molar refractivity (Wildman–Crippen MR) is 111 cm³/mol. The molecular weight excluding hydrogens is 348 g/mol. The fraction of sp³-hybridized carbons (Fsp3) is 0.227. The third kappa shape index (κ3) is 3.46. The van der Waals surface area contributed by atoms with E-state index in [1.165, 1.54) is 0 Å². The molecule has 2 aromatic heterocycles. The zero-order chi connectivity index (χ0) is 18.8. The average molecular weight is 370 g/mol. The van der Waals surface area contributed by atoms with Crippen LogP contribution in [0.2, 0.25) is 0 Å². The molecule has 1 N–H and O–H groups in total. The van der Waals surface area contributed by atoms with Gasteiger partial charge >= 0.3 is 0 Å². The molecule has 0 spiro atoms. The van der Waals surface area contributed by atoms with Gasteiger partial charge in [0.2, 0.25) is 5.95 Å². The zero-order valence-electron chi connectivity index (χ0n) is 15.6. The number of nitrogens with one attached hydrogen (secondary N) is 1. The standard InChI is InChI=1S/C22H22N6/c1-2-6-17(7-3-1)21-23-15-19(25-21)16-27-10-12-28(13-11-27)22-24-14-18-8-4-5-9-20(18)26-22/h1-9,14-15H,10-13,16H2,(H,23,25). The fourth-order valence-electron chi connectivity index (χ4n) is 3.64. The number of benzene rings is 2. The van der Waals surface area contributed by atoms with Crippen LogP contribution in [0.3, 0.4) is 0 Å². The lowest BCUT2D eigenvalue weighted by atomic mass is 10.2. The number of rotatable bonds is 4. The number of imidazole rings is 1. The molecule has 6 nitrogen and oxygen atoms in total. The summed E-state index contributed by atoms with van der Waals surface area (Å²) in [6.45, 7) is 4.70. The summed E-state index contributed by atoms with van der Waals surface area (Å²) in [6, 6.07) is 18.4. The number of anilines is 1. The van der Waals surface area contributed by atoms with Gasteiger partial charge in [-0.2, -0.15) is 0 Å². The zero-order valence-corrected chi connectivity index (χ0v) is 15.6. The van der Waals surface area contributed by atoms with Crippen LogP contribution in [-0.2, 0) is 6.54 Å². The number of fused-ring (bicyclic) bond motifs is 1. The van der Waals surface area contributed by atoms with E-state index in [2.05, 4.69) is 36.9 Å². The van der Waals surface area contributed by atoms with Gasteiger partial charge in [-0.05, 0) is 6.07 Å². The highest BCUT2D eigenvalue weighted by molar-refractivity contribution is 5.78. The summed E-state index contributed by atoms with van der Waals surface area (Å²) in [5, 5.41) is 1.08. The summed E-state index contributed by atoms with van der Waals surface area (Å²) in [5.74, 6) is 1.75. The number of para-hydroxylation sites is 1. The molecule has 0 unspecified atom stereocenters. The van der Waals surface area contributed by atoms with Gasteiger partial charge in [0.25, 0.3) is 0 Å². The largest absolute Gasteiger partial charge is 0.341 e. The van der Waals surface area contributed by atoms with Crippen molar-refractivity contribution in [2.75, 3.05) is 31.1 Å². The van der Waals surface area contributed by atoms with Crippen LogP contribution in [0, 0.1) is 0 Å². The smallest absolute Gasteiger partial charge is 0.225 e. The molecule has 3 heterocycles. The normalized spacial score (nSPS) is 15.2. The lowest BCUT2D eigenvalue weighted by molar-refractivity contribution is 0.246. The van der Waals surface area contributed by atoms with Crippen molar-refractivity contribution in [3.05, 3.63) is 72.7 Å². The van der Waals surface area contributed by atoms with Gasteiger partial charge in [-0.25, -0.2) is 15.0 Å². The Hall–Kier alpha value is -3.25. The molecule has 0 bridgehead atoms. The second-order valence-corrected chi connectivity index (χ2v) is 7.12. The fourth-order valence-corrected chi connectivity index (χ4v) is 3.64. The van der Waals surface area contributed by atoms with Crippen molar-refractivity contribution in [3.63, 3.8) is 0 Å². The van der Waals surface area contributed by atoms with Gasteiger partial charge in [0.15, 0.2) is 0 Å². The van der Waals surface area contributed by atoms with Gasteiger partial charge in [0.05, 0.1) is 5.52 Å². The first-order valence-corrected chi connectivity index (χ1v) is 9.63. The summed E-state index contributed by atoms with van der Waals surface area (Å²) in [6.07, 6.45) is 3.86. The summed E-state index contributed by atoms with van der Waals surface area (Å²) in [4.78, 5) is 22.0. The molecule has 0 saturated carbocycles. The summed E-state index contributed by atoms with van der Waals surface area (Å²) in [5.41, 5.74) is 3.27. The first-order chi connectivity index (χ1) is 13.8. The Morgan fingerprint density at radius 2 is 1.61 bits per heavy atom. The third-order valence-corrected chi connectivity index (χ3v) is 5.20. The van der Waals surface area contributed by atoms with Crippen LogP contribution >= 0.6 is 0 Å². The van der Waals surface area contributed by atoms with Crippen LogP contribution in [0.4, 0.5) is 5.95 Å². The van der Waals surface area contributed by atoms with Crippen LogP contribution < -0.4 is 4.90 Å². The molecule has 0 aliphatic carbocycles. The maximum atomic E-state index is 4.72. The van der Waals surface area contributed by atoms with Crippen LogP contribution in [-0.4, -0.2) is 51.0 Å². The SMILES string of the molecule is c1ccc(-c2ncc(CN3CCN(c4ncc5ccccc5n4)CC3)[nH]2)cc1. The highest BCUT2D eigenvalue weighted by Gasteiger charge is 2.20. The van der Waals surface area contributed by atoms with E-state index in [0.29, 0.717) is 0 Å². The Labute approximate surface area is 163 Å². The van der Waals surface area contributed by atoms with Gasteiger partial charge in [-0.3, -0.25) is 4.90 Å². The van der Waals surface area contributed by atoms with Crippen LogP contribution in [0.25, 0.3) is 22.3 Å². The van der Waals surface area contributed by atoms with E-state index in [1.54, 1.807) is 0 Å². The molecule has 0 atom stereocenters. The van der Waals surface area contributed by atoms with Crippen LogP contribution in [0.1, 0.15) is 5.69 Å². The lowest BCUT2D eigenvalue weighted by Gasteiger charge is -2.34. The molecule has 1 saturated heterocycles. The number of aromatic nitrogens is 4. The molecule has 1 aliphatic rings. The lowest BCUT2D eigenvalue weighted by Crippen LogP contribution is -2.46. The van der Waals surface area contributed by atoms with Crippen LogP contribution in [0.15, 0.2) is 67.0 Å². The van der Waals surface area contributed by atoms with Crippen molar-refractivity contribution in [2.24, 2.45) is 0 Å². The van der Waals surface area contributed by atoms with E-state index >= 15 is 0 Å². The molecule has 6 heteroatoms. The van der Waals surface area contributed by atoms with Crippen molar-refractivity contribution in [2.45, 2.75) is 6.54 Å². The second kappa shape index (κ2) is 7.40. The topological polar surface area (TPSA) is 60.9 Å². The molecule has 1 aliphatic heterocycles. The van der Waals surface area contributed by atoms with E-state index in [0.717, 1.165) is 66.7 Å². The van der Waals surface area contributed by atoms with Crippen molar-refractivity contribution in [1.82, 2.24) is 24.8 Å². The maximum Gasteiger partial charge on any atom is 0.225 e. The first-order valence-electron chi connectivity index (χ1n) is 9.63. The van der Waals surface area contributed by atoms with E-state index in [-0.39, 0.29) is 0 Å². The Morgan fingerprint density at radius 1 is 0.821 bits per heavy atom. The number of nitrogens with zero attached hydrogens (tertiary/aromatic N) is 5. The molecule has 5 rings (SSSR count). The van der Waals surface area contributed by atoms with Gasteiger partial charge < -0.3 is 9.88 Å². The Kier molecular flexibility index (Phi) is 4.47. The molecule has 1 fully saturated rings. The van der Waals surface area contributed by atoms with Crippen LogP contribution in [0.5, 0.6) is 0 Å². The molecule has 4 aromatic rings. The van der Waals surface area contributed by atoms with E-state index in [4.69, 9.17) is 4.98 Å². The number of aromatic amines is 1. The maximum absolute atomic E-state index is 4.72. The Balaban J connectivity index is 1.22. The molecule has 140 valence electrons. The minimum absolute atomic E-state index is 0.825. The summed E-state index contributed by atoms with van der Waals surface area (Å²) >= 11 is 0. The van der Waals surface area contributed by atoms with E-state index < -0.39 is 0 Å². The number of H-pyrrole nitrogens is 1. The van der Waals surface area contributed by atoms with E-state index in [9.17, 15) is 0 Å².